The van der Waals surface area contributed by atoms with E-state index in [2.05, 4.69) is 15.9 Å². The Morgan fingerprint density at radius 1 is 1.42 bits per heavy atom. The molecule has 1 rings (SSSR count). The molecular weight excluding hydrogens is 328 g/mol. The first kappa shape index (κ1) is 16.7. The molecule has 0 amide bonds. The van der Waals surface area contributed by atoms with E-state index in [-0.39, 0.29) is 11.2 Å². The number of hydrogen-bond donors (Lipinski definition) is 0. The monoisotopic (exact) mass is 346 g/mol. The van der Waals surface area contributed by atoms with Gasteiger partial charge in [0, 0.05) is 22.5 Å². The van der Waals surface area contributed by atoms with Crippen LogP contribution in [0, 0.1) is 5.41 Å². The molecule has 0 aliphatic rings. The highest BCUT2D eigenvalue weighted by Crippen LogP contribution is 2.27. The van der Waals surface area contributed by atoms with Crippen molar-refractivity contribution >= 4 is 33.3 Å². The van der Waals surface area contributed by atoms with Crippen LogP contribution in [0.3, 0.4) is 0 Å². The fraction of sp³-hybridized carbons (Fsp3) is 0.533. The fourth-order valence-electron chi connectivity index (χ4n) is 1.94. The standard InChI is InChI=1S/C15H20BrClO2/c1-5-19-14(15(2,3)4)13(18)8-10-6-7-11(16)9-12(10)17/h6-7,9,14H,5,8H2,1-4H3. The first-order valence-corrected chi connectivity index (χ1v) is 7.51. The van der Waals surface area contributed by atoms with Crippen LogP contribution in [-0.2, 0) is 16.0 Å². The Hall–Kier alpha value is -0.380. The van der Waals surface area contributed by atoms with Crippen LogP contribution in [0.25, 0.3) is 0 Å². The van der Waals surface area contributed by atoms with Crippen molar-refractivity contribution in [3.8, 4) is 0 Å². The molecule has 0 fully saturated rings. The van der Waals surface area contributed by atoms with Crippen molar-refractivity contribution < 1.29 is 9.53 Å². The summed E-state index contributed by atoms with van der Waals surface area (Å²) in [6.45, 7) is 8.46. The normalized spacial score (nSPS) is 13.4. The molecule has 1 aromatic carbocycles. The van der Waals surface area contributed by atoms with Crippen LogP contribution in [0.2, 0.25) is 5.02 Å². The zero-order chi connectivity index (χ0) is 14.6. The second kappa shape index (κ2) is 6.87. The molecule has 4 heteroatoms. The first-order valence-electron chi connectivity index (χ1n) is 6.34. The van der Waals surface area contributed by atoms with Gasteiger partial charge in [0.15, 0.2) is 5.78 Å². The highest BCUT2D eigenvalue weighted by Gasteiger charge is 2.31. The summed E-state index contributed by atoms with van der Waals surface area (Å²) in [4.78, 5) is 12.4. The summed E-state index contributed by atoms with van der Waals surface area (Å²) in [6.07, 6.45) is -0.106. The average molecular weight is 348 g/mol. The number of ketones is 1. The summed E-state index contributed by atoms with van der Waals surface area (Å²) >= 11 is 9.50. The number of rotatable bonds is 5. The van der Waals surface area contributed by atoms with E-state index in [1.165, 1.54) is 0 Å². The van der Waals surface area contributed by atoms with E-state index < -0.39 is 6.10 Å². The van der Waals surface area contributed by atoms with Crippen LogP contribution in [-0.4, -0.2) is 18.5 Å². The van der Waals surface area contributed by atoms with Crippen molar-refractivity contribution in [1.82, 2.24) is 0 Å². The molecule has 0 bridgehead atoms. The predicted octanol–water partition coefficient (Wildman–Crippen LogP) is 4.67. The Labute approximate surface area is 128 Å². The van der Waals surface area contributed by atoms with E-state index in [4.69, 9.17) is 16.3 Å². The maximum absolute atomic E-state index is 12.4. The molecule has 1 unspecified atom stereocenters. The molecule has 0 aromatic heterocycles. The summed E-state index contributed by atoms with van der Waals surface area (Å²) in [5, 5.41) is 0.604. The van der Waals surface area contributed by atoms with Crippen molar-refractivity contribution in [2.75, 3.05) is 6.61 Å². The quantitative estimate of drug-likeness (QED) is 0.774. The van der Waals surface area contributed by atoms with E-state index in [9.17, 15) is 4.79 Å². The van der Waals surface area contributed by atoms with Gasteiger partial charge in [-0.05, 0) is 30.0 Å². The smallest absolute Gasteiger partial charge is 0.166 e. The number of benzene rings is 1. The van der Waals surface area contributed by atoms with E-state index in [0.29, 0.717) is 18.1 Å². The van der Waals surface area contributed by atoms with Crippen LogP contribution in [0.15, 0.2) is 22.7 Å². The number of carbonyl (C=O) groups excluding carboxylic acids is 1. The van der Waals surface area contributed by atoms with Crippen molar-refractivity contribution in [1.29, 1.82) is 0 Å². The lowest BCUT2D eigenvalue weighted by atomic mass is 9.84. The van der Waals surface area contributed by atoms with Crippen molar-refractivity contribution in [3.63, 3.8) is 0 Å². The third-order valence-electron chi connectivity index (χ3n) is 2.79. The maximum Gasteiger partial charge on any atom is 0.166 e. The highest BCUT2D eigenvalue weighted by molar-refractivity contribution is 9.10. The average Bonchev–Trinajstić information content (AvgIpc) is 2.28. The second-order valence-corrected chi connectivity index (χ2v) is 6.90. The van der Waals surface area contributed by atoms with Crippen LogP contribution in [0.5, 0.6) is 0 Å². The third kappa shape index (κ3) is 4.90. The molecule has 0 spiro atoms. The molecule has 0 N–H and O–H groups in total. The fourth-order valence-corrected chi connectivity index (χ4v) is 2.68. The van der Waals surface area contributed by atoms with Gasteiger partial charge in [-0.25, -0.2) is 0 Å². The minimum atomic E-state index is -0.405. The van der Waals surface area contributed by atoms with Gasteiger partial charge >= 0.3 is 0 Å². The van der Waals surface area contributed by atoms with Gasteiger partial charge in [0.2, 0.25) is 0 Å². The zero-order valence-electron chi connectivity index (χ0n) is 11.8. The number of hydrogen-bond acceptors (Lipinski definition) is 2. The largest absolute Gasteiger partial charge is 0.370 e. The Morgan fingerprint density at radius 2 is 2.05 bits per heavy atom. The molecule has 106 valence electrons. The van der Waals surface area contributed by atoms with Gasteiger partial charge in [0.25, 0.3) is 0 Å². The van der Waals surface area contributed by atoms with Crippen LogP contribution < -0.4 is 0 Å². The third-order valence-corrected chi connectivity index (χ3v) is 3.64. The lowest BCUT2D eigenvalue weighted by Crippen LogP contribution is -2.38. The molecule has 2 nitrogen and oxygen atoms in total. The summed E-state index contributed by atoms with van der Waals surface area (Å²) in [7, 11) is 0. The summed E-state index contributed by atoms with van der Waals surface area (Å²) in [6, 6.07) is 5.56. The maximum atomic E-state index is 12.4. The molecule has 0 saturated carbocycles. The van der Waals surface area contributed by atoms with Crippen molar-refractivity contribution in [3.05, 3.63) is 33.3 Å². The summed E-state index contributed by atoms with van der Waals surface area (Å²) in [5.74, 6) is 0.0681. The lowest BCUT2D eigenvalue weighted by Gasteiger charge is -2.29. The topological polar surface area (TPSA) is 26.3 Å². The second-order valence-electron chi connectivity index (χ2n) is 5.58. The van der Waals surface area contributed by atoms with Gasteiger partial charge in [0.05, 0.1) is 0 Å². The molecule has 1 atom stereocenters. The first-order chi connectivity index (χ1) is 8.75. The molecule has 0 saturated heterocycles. The summed E-state index contributed by atoms with van der Waals surface area (Å²) in [5.41, 5.74) is 0.624. The number of Topliss-reactive ketones (excluding diaryl/α,β-unsaturated/α-hetero) is 1. The number of halogens is 2. The number of carbonyl (C=O) groups is 1. The highest BCUT2D eigenvalue weighted by atomic mass is 79.9. The van der Waals surface area contributed by atoms with Crippen LogP contribution in [0.1, 0.15) is 33.3 Å². The van der Waals surface area contributed by atoms with Gasteiger partial charge < -0.3 is 4.74 Å². The molecule has 1 aromatic rings. The van der Waals surface area contributed by atoms with Crippen LogP contribution in [0.4, 0.5) is 0 Å². The van der Waals surface area contributed by atoms with Crippen LogP contribution >= 0.6 is 27.5 Å². The zero-order valence-corrected chi connectivity index (χ0v) is 14.1. The van der Waals surface area contributed by atoms with E-state index in [1.807, 2.05) is 39.8 Å². The molecule has 0 heterocycles. The summed E-state index contributed by atoms with van der Waals surface area (Å²) < 4.78 is 6.51. The minimum Gasteiger partial charge on any atom is -0.370 e. The molecule has 19 heavy (non-hydrogen) atoms. The Morgan fingerprint density at radius 3 is 2.53 bits per heavy atom. The Balaban J connectivity index is 2.87. The molecule has 0 radical (unpaired) electrons. The Kier molecular flexibility index (Phi) is 6.03. The van der Waals surface area contributed by atoms with Gasteiger partial charge in [-0.2, -0.15) is 0 Å². The van der Waals surface area contributed by atoms with E-state index in [1.54, 1.807) is 6.07 Å². The van der Waals surface area contributed by atoms with Crippen molar-refractivity contribution in [2.45, 2.75) is 40.2 Å². The van der Waals surface area contributed by atoms with Gasteiger partial charge in [-0.1, -0.05) is 54.4 Å². The number of ether oxygens (including phenoxy) is 1. The molecular formula is C15H20BrClO2. The minimum absolute atomic E-state index is 0.0681. The Bertz CT molecular complexity index is 452. The van der Waals surface area contributed by atoms with Gasteiger partial charge in [-0.15, -0.1) is 0 Å². The lowest BCUT2D eigenvalue weighted by molar-refractivity contribution is -0.136. The van der Waals surface area contributed by atoms with Gasteiger partial charge in [0.1, 0.15) is 6.10 Å². The predicted molar refractivity (Wildman–Crippen MR) is 82.7 cm³/mol. The van der Waals surface area contributed by atoms with Crippen molar-refractivity contribution in [2.24, 2.45) is 5.41 Å². The molecule has 0 aliphatic heterocycles. The van der Waals surface area contributed by atoms with Gasteiger partial charge in [-0.3, -0.25) is 4.79 Å². The van der Waals surface area contributed by atoms with E-state index >= 15 is 0 Å². The van der Waals surface area contributed by atoms with E-state index in [0.717, 1.165) is 10.0 Å². The molecule has 0 aliphatic carbocycles. The SMILES string of the molecule is CCOC(C(=O)Cc1ccc(Br)cc1Cl)C(C)(C)C.